The second-order valence-corrected chi connectivity index (χ2v) is 4.54. The fourth-order valence-corrected chi connectivity index (χ4v) is 2.27. The Balaban J connectivity index is 1.87. The Hall–Kier alpha value is -2.15. The molecule has 1 unspecified atom stereocenters. The van der Waals surface area contributed by atoms with Gasteiger partial charge in [-0.3, -0.25) is 4.99 Å². The van der Waals surface area contributed by atoms with Gasteiger partial charge in [0.2, 0.25) is 0 Å². The summed E-state index contributed by atoms with van der Waals surface area (Å²) in [7, 11) is 1.76. The number of aliphatic imine (C=N–C) groups is 1. The van der Waals surface area contributed by atoms with Gasteiger partial charge < -0.3 is 15.5 Å². The number of benzene rings is 1. The molecule has 1 aliphatic heterocycles. The van der Waals surface area contributed by atoms with E-state index < -0.39 is 0 Å². The molecule has 0 saturated carbocycles. The summed E-state index contributed by atoms with van der Waals surface area (Å²) in [4.78, 5) is 6.55. The molecular formula is C15H20N4. The summed E-state index contributed by atoms with van der Waals surface area (Å²) >= 11 is 0. The third-order valence-electron chi connectivity index (χ3n) is 3.23. The number of hydrogen-bond donors (Lipinski definition) is 2. The van der Waals surface area contributed by atoms with E-state index in [9.17, 15) is 0 Å². The predicted octanol–water partition coefficient (Wildman–Crippen LogP) is 1.06. The molecule has 100 valence electrons. The molecule has 1 atom stereocenters. The van der Waals surface area contributed by atoms with Crippen molar-refractivity contribution >= 4 is 11.6 Å². The Morgan fingerprint density at radius 1 is 1.47 bits per heavy atom. The van der Waals surface area contributed by atoms with Crippen LogP contribution in [0.2, 0.25) is 0 Å². The standard InChI is InChI=1S/C15H20N4/c1-3-10-17-15(16-2)18-13-9-11-19(12-13)14-7-5-4-6-8-14/h1,4-8,13H,9-12H2,2H3,(H2,16,17,18). The molecule has 1 saturated heterocycles. The van der Waals surface area contributed by atoms with Crippen molar-refractivity contribution in [1.29, 1.82) is 0 Å². The minimum atomic E-state index is 0.407. The molecule has 1 fully saturated rings. The number of nitrogens with zero attached hydrogens (tertiary/aromatic N) is 2. The lowest BCUT2D eigenvalue weighted by Gasteiger charge is -2.20. The van der Waals surface area contributed by atoms with Gasteiger partial charge in [0, 0.05) is 31.9 Å². The largest absolute Gasteiger partial charge is 0.369 e. The van der Waals surface area contributed by atoms with Crippen molar-refractivity contribution in [2.24, 2.45) is 4.99 Å². The van der Waals surface area contributed by atoms with Crippen molar-refractivity contribution < 1.29 is 0 Å². The molecule has 1 heterocycles. The van der Waals surface area contributed by atoms with E-state index in [1.165, 1.54) is 5.69 Å². The zero-order valence-electron chi connectivity index (χ0n) is 11.3. The second-order valence-electron chi connectivity index (χ2n) is 4.54. The Kier molecular flexibility index (Phi) is 4.68. The Morgan fingerprint density at radius 2 is 2.26 bits per heavy atom. The van der Waals surface area contributed by atoms with Gasteiger partial charge in [-0.1, -0.05) is 24.1 Å². The van der Waals surface area contributed by atoms with Crippen LogP contribution in [0.5, 0.6) is 0 Å². The van der Waals surface area contributed by atoms with Crippen LogP contribution in [0.15, 0.2) is 35.3 Å². The molecule has 4 nitrogen and oxygen atoms in total. The SMILES string of the molecule is C#CCNC(=NC)NC1CCN(c2ccccc2)C1. The fraction of sp³-hybridized carbons (Fsp3) is 0.400. The second kappa shape index (κ2) is 6.69. The first-order valence-electron chi connectivity index (χ1n) is 6.54. The van der Waals surface area contributed by atoms with Crippen molar-refractivity contribution in [1.82, 2.24) is 10.6 Å². The molecule has 1 aromatic carbocycles. The predicted molar refractivity (Wildman–Crippen MR) is 80.4 cm³/mol. The van der Waals surface area contributed by atoms with E-state index in [-0.39, 0.29) is 0 Å². The van der Waals surface area contributed by atoms with Crippen LogP contribution in [0.1, 0.15) is 6.42 Å². The van der Waals surface area contributed by atoms with Crippen LogP contribution in [-0.2, 0) is 0 Å². The summed E-state index contributed by atoms with van der Waals surface area (Å²) in [5.74, 6) is 3.33. The Morgan fingerprint density at radius 3 is 2.95 bits per heavy atom. The minimum Gasteiger partial charge on any atom is -0.369 e. The zero-order chi connectivity index (χ0) is 13.5. The molecule has 1 aliphatic rings. The molecule has 0 aliphatic carbocycles. The fourth-order valence-electron chi connectivity index (χ4n) is 2.27. The summed E-state index contributed by atoms with van der Waals surface area (Å²) in [6, 6.07) is 10.9. The van der Waals surface area contributed by atoms with Gasteiger partial charge in [0.25, 0.3) is 0 Å². The molecular weight excluding hydrogens is 236 g/mol. The van der Waals surface area contributed by atoms with Gasteiger partial charge >= 0.3 is 0 Å². The molecule has 1 aromatic rings. The molecule has 4 heteroatoms. The number of nitrogens with one attached hydrogen (secondary N) is 2. The Labute approximate surface area is 114 Å². The average molecular weight is 256 g/mol. The van der Waals surface area contributed by atoms with Crippen molar-refractivity contribution in [3.8, 4) is 12.3 Å². The zero-order valence-corrected chi connectivity index (χ0v) is 11.3. The summed E-state index contributed by atoms with van der Waals surface area (Å²) in [5, 5.41) is 6.49. The van der Waals surface area contributed by atoms with Gasteiger partial charge in [0.1, 0.15) is 0 Å². The highest BCUT2D eigenvalue weighted by Gasteiger charge is 2.23. The van der Waals surface area contributed by atoms with E-state index in [4.69, 9.17) is 6.42 Å². The third kappa shape index (κ3) is 3.65. The maximum Gasteiger partial charge on any atom is 0.192 e. The lowest BCUT2D eigenvalue weighted by Crippen LogP contribution is -2.44. The van der Waals surface area contributed by atoms with E-state index >= 15 is 0 Å². The maximum atomic E-state index is 5.23. The summed E-state index contributed by atoms with van der Waals surface area (Å²) in [6.07, 6.45) is 6.34. The number of hydrogen-bond acceptors (Lipinski definition) is 2. The van der Waals surface area contributed by atoms with Crippen molar-refractivity contribution in [3.05, 3.63) is 30.3 Å². The van der Waals surface area contributed by atoms with Gasteiger partial charge in [-0.05, 0) is 18.6 Å². The third-order valence-corrected chi connectivity index (χ3v) is 3.23. The molecule has 19 heavy (non-hydrogen) atoms. The molecule has 0 bridgehead atoms. The van der Waals surface area contributed by atoms with Crippen LogP contribution < -0.4 is 15.5 Å². The van der Waals surface area contributed by atoms with E-state index in [1.807, 2.05) is 6.07 Å². The van der Waals surface area contributed by atoms with Crippen LogP contribution >= 0.6 is 0 Å². The molecule has 2 N–H and O–H groups in total. The first kappa shape index (κ1) is 13.3. The molecule has 0 aromatic heterocycles. The van der Waals surface area contributed by atoms with E-state index in [1.54, 1.807) is 7.05 Å². The van der Waals surface area contributed by atoms with Gasteiger partial charge in [-0.15, -0.1) is 6.42 Å². The number of anilines is 1. The van der Waals surface area contributed by atoms with Crippen LogP contribution in [0, 0.1) is 12.3 Å². The van der Waals surface area contributed by atoms with Gasteiger partial charge in [0.05, 0.1) is 6.54 Å². The topological polar surface area (TPSA) is 39.7 Å². The van der Waals surface area contributed by atoms with Gasteiger partial charge in [0.15, 0.2) is 5.96 Å². The van der Waals surface area contributed by atoms with Gasteiger partial charge in [-0.2, -0.15) is 0 Å². The van der Waals surface area contributed by atoms with Crippen molar-refractivity contribution in [3.63, 3.8) is 0 Å². The molecule has 0 radical (unpaired) electrons. The van der Waals surface area contributed by atoms with Crippen LogP contribution in [-0.4, -0.2) is 38.7 Å². The average Bonchev–Trinajstić information content (AvgIpc) is 2.93. The summed E-state index contributed by atoms with van der Waals surface area (Å²) in [5.41, 5.74) is 1.28. The van der Waals surface area contributed by atoms with E-state index in [0.717, 1.165) is 25.5 Å². The Bertz CT molecular complexity index is 461. The highest BCUT2D eigenvalue weighted by atomic mass is 15.2. The first-order valence-corrected chi connectivity index (χ1v) is 6.54. The number of rotatable bonds is 3. The highest BCUT2D eigenvalue weighted by molar-refractivity contribution is 5.80. The van der Waals surface area contributed by atoms with E-state index in [2.05, 4.69) is 50.7 Å². The molecule has 0 amide bonds. The number of terminal acetylenes is 1. The minimum absolute atomic E-state index is 0.407. The smallest absolute Gasteiger partial charge is 0.192 e. The number of guanidine groups is 1. The molecule has 2 rings (SSSR count). The quantitative estimate of drug-likeness (QED) is 0.483. The summed E-state index contributed by atoms with van der Waals surface area (Å²) < 4.78 is 0. The monoisotopic (exact) mass is 256 g/mol. The van der Waals surface area contributed by atoms with E-state index in [0.29, 0.717) is 12.6 Å². The highest BCUT2D eigenvalue weighted by Crippen LogP contribution is 2.19. The van der Waals surface area contributed by atoms with Gasteiger partial charge in [-0.25, -0.2) is 0 Å². The first-order chi connectivity index (χ1) is 9.33. The van der Waals surface area contributed by atoms with Crippen molar-refractivity contribution in [2.45, 2.75) is 12.5 Å². The normalized spacial score (nSPS) is 19.1. The maximum absolute atomic E-state index is 5.23. The summed E-state index contributed by atoms with van der Waals surface area (Å²) in [6.45, 7) is 2.55. The van der Waals surface area contributed by atoms with Crippen LogP contribution in [0.25, 0.3) is 0 Å². The van der Waals surface area contributed by atoms with Crippen LogP contribution in [0.3, 0.4) is 0 Å². The number of para-hydroxylation sites is 1. The molecule has 0 spiro atoms. The van der Waals surface area contributed by atoms with Crippen LogP contribution in [0.4, 0.5) is 5.69 Å². The lowest BCUT2D eigenvalue weighted by molar-refractivity contribution is 0.655. The van der Waals surface area contributed by atoms with Crippen molar-refractivity contribution in [2.75, 3.05) is 31.6 Å². The lowest BCUT2D eigenvalue weighted by atomic mass is 10.3.